The van der Waals surface area contributed by atoms with Crippen molar-refractivity contribution in [3.8, 4) is 0 Å². The van der Waals surface area contributed by atoms with Gasteiger partial charge in [0, 0.05) is 0 Å². The molecule has 0 heterocycles. The van der Waals surface area contributed by atoms with Gasteiger partial charge >= 0.3 is 0 Å². The van der Waals surface area contributed by atoms with Gasteiger partial charge in [0.1, 0.15) is 6.10 Å². The first-order chi connectivity index (χ1) is 9.27. The molecule has 0 aromatic heterocycles. The topological polar surface area (TPSA) is 40.5 Å². The summed E-state index contributed by atoms with van der Waals surface area (Å²) in [5, 5.41) is 20.5. The number of hydrogen-bond donors (Lipinski definition) is 2. The second-order valence-corrected chi connectivity index (χ2v) is 5.26. The molecule has 2 nitrogen and oxygen atoms in total. The van der Waals surface area contributed by atoms with E-state index in [4.69, 9.17) is 0 Å². The molecular formula is C17H18O2. The van der Waals surface area contributed by atoms with Crippen LogP contribution < -0.4 is 0 Å². The third-order valence-electron chi connectivity index (χ3n) is 3.97. The highest BCUT2D eigenvalue weighted by atomic mass is 16.3. The Morgan fingerprint density at radius 2 is 1.42 bits per heavy atom. The highest BCUT2D eigenvalue weighted by molar-refractivity contribution is 5.28. The highest BCUT2D eigenvalue weighted by Crippen LogP contribution is 2.51. The molecule has 1 fully saturated rings. The van der Waals surface area contributed by atoms with Gasteiger partial charge in [0.2, 0.25) is 0 Å². The molecule has 19 heavy (non-hydrogen) atoms. The van der Waals surface area contributed by atoms with Crippen LogP contribution >= 0.6 is 0 Å². The quantitative estimate of drug-likeness (QED) is 0.880. The molecule has 0 aliphatic heterocycles. The Balaban J connectivity index is 1.68. The molecule has 2 aromatic carbocycles. The van der Waals surface area contributed by atoms with Crippen molar-refractivity contribution >= 4 is 0 Å². The summed E-state index contributed by atoms with van der Waals surface area (Å²) >= 11 is 0. The molecule has 2 aromatic rings. The van der Waals surface area contributed by atoms with Crippen molar-refractivity contribution in [1.82, 2.24) is 0 Å². The Bertz CT molecular complexity index is 523. The first kappa shape index (κ1) is 12.4. The Morgan fingerprint density at radius 3 is 2.05 bits per heavy atom. The molecule has 1 saturated carbocycles. The first-order valence-electron chi connectivity index (χ1n) is 6.73. The van der Waals surface area contributed by atoms with E-state index in [0.29, 0.717) is 5.92 Å². The van der Waals surface area contributed by atoms with E-state index >= 15 is 0 Å². The zero-order valence-corrected chi connectivity index (χ0v) is 10.7. The maximum atomic E-state index is 10.3. The molecule has 98 valence electrons. The van der Waals surface area contributed by atoms with Gasteiger partial charge in [-0.2, -0.15) is 0 Å². The molecule has 0 bridgehead atoms. The molecule has 0 saturated heterocycles. The van der Waals surface area contributed by atoms with Crippen LogP contribution in [0.2, 0.25) is 0 Å². The fraction of sp³-hybridized carbons (Fsp3) is 0.294. The van der Waals surface area contributed by atoms with Gasteiger partial charge < -0.3 is 10.2 Å². The predicted octanol–water partition coefficient (Wildman–Crippen LogP) is 2.88. The molecule has 0 amide bonds. The number of benzene rings is 2. The number of aliphatic hydroxyl groups excluding tert-OH is 2. The van der Waals surface area contributed by atoms with E-state index in [9.17, 15) is 10.2 Å². The molecule has 4 unspecified atom stereocenters. The van der Waals surface area contributed by atoms with Crippen LogP contribution in [0.3, 0.4) is 0 Å². The Labute approximate surface area is 113 Å². The third kappa shape index (κ3) is 2.55. The Morgan fingerprint density at radius 1 is 0.842 bits per heavy atom. The van der Waals surface area contributed by atoms with Crippen molar-refractivity contribution < 1.29 is 10.2 Å². The molecule has 4 atom stereocenters. The van der Waals surface area contributed by atoms with Gasteiger partial charge in [0.05, 0.1) is 6.10 Å². The van der Waals surface area contributed by atoms with Crippen LogP contribution in [-0.4, -0.2) is 16.3 Å². The normalized spacial score (nSPS) is 24.7. The van der Waals surface area contributed by atoms with Gasteiger partial charge in [-0.25, -0.2) is 0 Å². The lowest BCUT2D eigenvalue weighted by Crippen LogP contribution is -2.21. The van der Waals surface area contributed by atoms with E-state index in [1.54, 1.807) is 0 Å². The second kappa shape index (κ2) is 5.16. The van der Waals surface area contributed by atoms with Gasteiger partial charge in [-0.15, -0.1) is 0 Å². The monoisotopic (exact) mass is 254 g/mol. The second-order valence-electron chi connectivity index (χ2n) is 5.26. The lowest BCUT2D eigenvalue weighted by Gasteiger charge is -2.18. The summed E-state index contributed by atoms with van der Waals surface area (Å²) in [6.45, 7) is 0. The summed E-state index contributed by atoms with van der Waals surface area (Å²) in [5.74, 6) is 0.548. The van der Waals surface area contributed by atoms with E-state index in [1.165, 1.54) is 5.56 Å². The molecular weight excluding hydrogens is 236 g/mol. The van der Waals surface area contributed by atoms with Gasteiger partial charge in [0.15, 0.2) is 0 Å². The van der Waals surface area contributed by atoms with E-state index < -0.39 is 12.2 Å². The number of rotatable bonds is 4. The molecule has 0 spiro atoms. The SMILES string of the molecule is OC(c1ccccc1)C(O)C1CC1c1ccccc1. The van der Waals surface area contributed by atoms with Crippen molar-refractivity contribution in [2.24, 2.45) is 5.92 Å². The zero-order valence-electron chi connectivity index (χ0n) is 10.7. The van der Waals surface area contributed by atoms with E-state index in [2.05, 4.69) is 12.1 Å². The predicted molar refractivity (Wildman–Crippen MR) is 74.7 cm³/mol. The molecule has 2 N–H and O–H groups in total. The lowest BCUT2D eigenvalue weighted by molar-refractivity contribution is 0.00359. The average Bonchev–Trinajstić information content (AvgIpc) is 3.28. The standard InChI is InChI=1S/C17H18O2/c18-16(13-9-5-2-6-10-13)17(19)15-11-14(15)12-7-3-1-4-8-12/h1-10,14-19H,11H2. The van der Waals surface area contributed by atoms with Gasteiger partial charge in [-0.1, -0.05) is 60.7 Å². The first-order valence-corrected chi connectivity index (χ1v) is 6.73. The van der Waals surface area contributed by atoms with Gasteiger partial charge in [-0.05, 0) is 29.4 Å². The zero-order chi connectivity index (χ0) is 13.2. The number of aliphatic hydroxyl groups is 2. The fourth-order valence-electron chi connectivity index (χ4n) is 2.76. The Kier molecular flexibility index (Phi) is 3.36. The molecule has 2 heteroatoms. The van der Waals surface area contributed by atoms with Crippen molar-refractivity contribution in [2.45, 2.75) is 24.5 Å². The molecule has 0 radical (unpaired) electrons. The minimum Gasteiger partial charge on any atom is -0.390 e. The summed E-state index contributed by atoms with van der Waals surface area (Å²) < 4.78 is 0. The van der Waals surface area contributed by atoms with E-state index in [-0.39, 0.29) is 5.92 Å². The van der Waals surface area contributed by atoms with Crippen molar-refractivity contribution in [1.29, 1.82) is 0 Å². The molecule has 1 aliphatic carbocycles. The van der Waals surface area contributed by atoms with Crippen LogP contribution in [0.5, 0.6) is 0 Å². The summed E-state index contributed by atoms with van der Waals surface area (Å²) in [7, 11) is 0. The fourth-order valence-corrected chi connectivity index (χ4v) is 2.76. The smallest absolute Gasteiger partial charge is 0.105 e. The third-order valence-corrected chi connectivity index (χ3v) is 3.97. The summed E-state index contributed by atoms with van der Waals surface area (Å²) in [6, 6.07) is 19.6. The highest BCUT2D eigenvalue weighted by Gasteiger charge is 2.45. The lowest BCUT2D eigenvalue weighted by atomic mass is 9.98. The van der Waals surface area contributed by atoms with Crippen molar-refractivity contribution in [2.75, 3.05) is 0 Å². The minimum atomic E-state index is -0.792. The largest absolute Gasteiger partial charge is 0.390 e. The number of hydrogen-bond acceptors (Lipinski definition) is 2. The summed E-state index contributed by atoms with van der Waals surface area (Å²) in [4.78, 5) is 0. The maximum Gasteiger partial charge on any atom is 0.105 e. The Hall–Kier alpha value is -1.64. The van der Waals surface area contributed by atoms with Crippen LogP contribution in [0, 0.1) is 5.92 Å². The maximum absolute atomic E-state index is 10.3. The van der Waals surface area contributed by atoms with Crippen LogP contribution in [0.15, 0.2) is 60.7 Å². The van der Waals surface area contributed by atoms with E-state index in [1.807, 2.05) is 48.5 Å². The van der Waals surface area contributed by atoms with E-state index in [0.717, 1.165) is 12.0 Å². The van der Waals surface area contributed by atoms with Gasteiger partial charge in [-0.3, -0.25) is 0 Å². The average molecular weight is 254 g/mol. The summed E-state index contributed by atoms with van der Waals surface area (Å²) in [5.41, 5.74) is 2.04. The molecule has 3 rings (SSSR count). The molecule has 1 aliphatic rings. The van der Waals surface area contributed by atoms with Crippen molar-refractivity contribution in [3.05, 3.63) is 71.8 Å². The van der Waals surface area contributed by atoms with Crippen LogP contribution in [0.4, 0.5) is 0 Å². The van der Waals surface area contributed by atoms with Crippen molar-refractivity contribution in [3.63, 3.8) is 0 Å². The van der Waals surface area contributed by atoms with Crippen LogP contribution in [0.25, 0.3) is 0 Å². The van der Waals surface area contributed by atoms with Gasteiger partial charge in [0.25, 0.3) is 0 Å². The summed E-state index contributed by atoms with van der Waals surface area (Å²) in [6.07, 6.45) is -0.526. The van der Waals surface area contributed by atoms with Crippen LogP contribution in [-0.2, 0) is 0 Å². The van der Waals surface area contributed by atoms with Crippen LogP contribution in [0.1, 0.15) is 29.6 Å². The minimum absolute atomic E-state index is 0.164.